The smallest absolute Gasteiger partial charge is 0.240 e. The predicted molar refractivity (Wildman–Crippen MR) is 89.6 cm³/mol. The van der Waals surface area contributed by atoms with Gasteiger partial charge in [-0.1, -0.05) is 6.07 Å². The van der Waals surface area contributed by atoms with Gasteiger partial charge >= 0.3 is 0 Å². The Morgan fingerprint density at radius 2 is 2.13 bits per heavy atom. The number of hydrazine groups is 2. The number of hydrogen-bond donors (Lipinski definition) is 5. The third kappa shape index (κ3) is 3.36. The van der Waals surface area contributed by atoms with Crippen molar-refractivity contribution >= 4 is 16.9 Å². The molecule has 0 saturated carbocycles. The molecule has 1 aliphatic rings. The Morgan fingerprint density at radius 3 is 2.87 bits per heavy atom. The number of benzene rings is 1. The van der Waals surface area contributed by atoms with Crippen LogP contribution in [-0.4, -0.2) is 34.5 Å². The van der Waals surface area contributed by atoms with Crippen molar-refractivity contribution in [2.45, 2.75) is 45.7 Å². The molecule has 1 aromatic carbocycles. The molecule has 7 nitrogen and oxygen atoms in total. The molecule has 0 aliphatic carbocycles. The van der Waals surface area contributed by atoms with E-state index in [9.17, 15) is 4.79 Å². The topological polar surface area (TPSA) is 93.9 Å². The largest absolute Gasteiger partial charge is 0.355 e. The predicted octanol–water partition coefficient (Wildman–Crippen LogP) is 0.598. The van der Waals surface area contributed by atoms with Crippen LogP contribution in [0.1, 0.15) is 30.3 Å². The van der Waals surface area contributed by atoms with E-state index in [-0.39, 0.29) is 18.0 Å². The van der Waals surface area contributed by atoms with Gasteiger partial charge in [0, 0.05) is 19.0 Å². The molecule has 0 bridgehead atoms. The van der Waals surface area contributed by atoms with Gasteiger partial charge in [-0.15, -0.1) is 0 Å². The first-order chi connectivity index (χ1) is 11.1. The second-order valence-electron chi connectivity index (χ2n) is 6.16. The zero-order valence-electron chi connectivity index (χ0n) is 13.8. The van der Waals surface area contributed by atoms with Crippen LogP contribution in [0.2, 0.25) is 0 Å². The summed E-state index contributed by atoms with van der Waals surface area (Å²) in [6.45, 7) is 6.79. The Kier molecular flexibility index (Phi) is 4.61. The Morgan fingerprint density at radius 1 is 1.30 bits per heavy atom. The average Bonchev–Trinajstić information content (AvgIpc) is 3.14. The minimum Gasteiger partial charge on any atom is -0.355 e. The van der Waals surface area contributed by atoms with Gasteiger partial charge in [-0.05, 0) is 44.4 Å². The fraction of sp³-hybridized carbons (Fsp3) is 0.500. The number of aryl methyl sites for hydroxylation is 3. The van der Waals surface area contributed by atoms with E-state index in [1.54, 1.807) is 0 Å². The number of fused-ring (bicyclic) bond motifs is 1. The monoisotopic (exact) mass is 316 g/mol. The first kappa shape index (κ1) is 15.9. The number of nitrogens with zero attached hydrogens (tertiary/aromatic N) is 1. The van der Waals surface area contributed by atoms with Crippen molar-refractivity contribution in [3.05, 3.63) is 29.1 Å². The highest BCUT2D eigenvalue weighted by Crippen LogP contribution is 2.19. The summed E-state index contributed by atoms with van der Waals surface area (Å²) in [4.78, 5) is 20.0. The normalized spacial score (nSPS) is 21.0. The van der Waals surface area contributed by atoms with Gasteiger partial charge in [0.05, 0.1) is 11.0 Å². The Balaban J connectivity index is 1.51. The number of aromatic nitrogens is 2. The van der Waals surface area contributed by atoms with Gasteiger partial charge in [0.1, 0.15) is 11.9 Å². The lowest BCUT2D eigenvalue weighted by Crippen LogP contribution is -2.47. The zero-order valence-corrected chi connectivity index (χ0v) is 13.8. The molecule has 0 spiro atoms. The second kappa shape index (κ2) is 6.66. The molecule has 23 heavy (non-hydrogen) atoms. The first-order valence-electron chi connectivity index (χ1n) is 8.05. The van der Waals surface area contributed by atoms with Gasteiger partial charge < -0.3 is 10.3 Å². The van der Waals surface area contributed by atoms with Crippen LogP contribution in [0, 0.1) is 13.8 Å². The molecule has 1 saturated heterocycles. The van der Waals surface area contributed by atoms with E-state index in [1.807, 2.05) is 6.92 Å². The summed E-state index contributed by atoms with van der Waals surface area (Å²) in [5, 5.41) is 2.96. The van der Waals surface area contributed by atoms with Gasteiger partial charge in [-0.2, -0.15) is 5.53 Å². The molecule has 7 heteroatoms. The maximum atomic E-state index is 12.0. The number of H-pyrrole nitrogens is 1. The van der Waals surface area contributed by atoms with Gasteiger partial charge in [0.2, 0.25) is 5.91 Å². The van der Waals surface area contributed by atoms with Crippen LogP contribution >= 0.6 is 0 Å². The molecule has 3 rings (SSSR count). The number of rotatable bonds is 5. The van der Waals surface area contributed by atoms with Crippen LogP contribution in [0.25, 0.3) is 11.0 Å². The van der Waals surface area contributed by atoms with Crippen molar-refractivity contribution in [2.24, 2.45) is 0 Å². The Labute approximate surface area is 135 Å². The van der Waals surface area contributed by atoms with Crippen molar-refractivity contribution in [2.75, 3.05) is 6.54 Å². The summed E-state index contributed by atoms with van der Waals surface area (Å²) < 4.78 is 0. The summed E-state index contributed by atoms with van der Waals surface area (Å²) in [6.07, 6.45) is 1.67. The molecule has 1 aromatic heterocycles. The lowest BCUT2D eigenvalue weighted by atomic mass is 10.1. The fourth-order valence-corrected chi connectivity index (χ4v) is 2.79. The lowest BCUT2D eigenvalue weighted by Gasteiger charge is -2.13. The molecular formula is C16H24N6O. The van der Waals surface area contributed by atoms with E-state index in [4.69, 9.17) is 0 Å². The number of carbonyl (C=O) groups is 1. The number of amides is 1. The molecule has 1 fully saturated rings. The molecule has 2 unspecified atom stereocenters. The zero-order chi connectivity index (χ0) is 16.4. The van der Waals surface area contributed by atoms with Crippen LogP contribution in [0.5, 0.6) is 0 Å². The van der Waals surface area contributed by atoms with Gasteiger partial charge in [-0.3, -0.25) is 4.79 Å². The van der Waals surface area contributed by atoms with Crippen LogP contribution < -0.4 is 21.7 Å². The third-order valence-electron chi connectivity index (χ3n) is 4.43. The maximum Gasteiger partial charge on any atom is 0.240 e. The second-order valence-corrected chi connectivity index (χ2v) is 6.16. The van der Waals surface area contributed by atoms with Crippen molar-refractivity contribution in [3.8, 4) is 0 Å². The lowest BCUT2D eigenvalue weighted by molar-refractivity contribution is -0.123. The van der Waals surface area contributed by atoms with E-state index in [2.05, 4.69) is 57.7 Å². The average molecular weight is 316 g/mol. The highest BCUT2D eigenvalue weighted by molar-refractivity contribution is 5.82. The van der Waals surface area contributed by atoms with Crippen LogP contribution in [0.4, 0.5) is 0 Å². The SMILES string of the molecule is Cc1ccc2[nH]c(CCCNC(=O)C3NNNC3C)nc2c1C. The fourth-order valence-electron chi connectivity index (χ4n) is 2.79. The minimum atomic E-state index is -0.244. The number of nitrogens with one attached hydrogen (secondary N) is 5. The molecular weight excluding hydrogens is 292 g/mol. The summed E-state index contributed by atoms with van der Waals surface area (Å²) in [5.74, 6) is 0.977. The van der Waals surface area contributed by atoms with Crippen molar-refractivity contribution in [3.63, 3.8) is 0 Å². The maximum absolute atomic E-state index is 12.0. The van der Waals surface area contributed by atoms with Crippen LogP contribution in [0.15, 0.2) is 12.1 Å². The molecule has 0 radical (unpaired) electrons. The van der Waals surface area contributed by atoms with Gasteiger partial charge in [0.15, 0.2) is 0 Å². The molecule has 1 amide bonds. The van der Waals surface area contributed by atoms with E-state index >= 15 is 0 Å². The molecule has 124 valence electrons. The number of hydrogen-bond acceptors (Lipinski definition) is 5. The molecule has 5 N–H and O–H groups in total. The van der Waals surface area contributed by atoms with Gasteiger partial charge in [0.25, 0.3) is 0 Å². The van der Waals surface area contributed by atoms with Crippen molar-refractivity contribution in [1.82, 2.24) is 31.7 Å². The number of carbonyl (C=O) groups excluding carboxylic acids is 1. The summed E-state index contributed by atoms with van der Waals surface area (Å²) in [7, 11) is 0. The Bertz CT molecular complexity index is 710. The van der Waals surface area contributed by atoms with E-state index in [0.717, 1.165) is 29.7 Å². The van der Waals surface area contributed by atoms with Gasteiger partial charge in [-0.25, -0.2) is 15.8 Å². The standard InChI is InChI=1S/C16H24N6O/c1-9-6-7-12-14(10(9)2)19-13(18-12)5-4-8-17-16(23)15-11(3)20-22-21-15/h6-7,11,15,20-22H,4-5,8H2,1-3H3,(H,17,23)(H,18,19). The highest BCUT2D eigenvalue weighted by atomic mass is 16.2. The molecule has 2 heterocycles. The Hall–Kier alpha value is -1.96. The van der Waals surface area contributed by atoms with E-state index in [1.165, 1.54) is 11.1 Å². The third-order valence-corrected chi connectivity index (χ3v) is 4.43. The van der Waals surface area contributed by atoms with Crippen LogP contribution in [-0.2, 0) is 11.2 Å². The first-order valence-corrected chi connectivity index (χ1v) is 8.05. The minimum absolute atomic E-state index is 0.00563. The summed E-state index contributed by atoms with van der Waals surface area (Å²) in [6, 6.07) is 4.00. The van der Waals surface area contributed by atoms with Crippen LogP contribution in [0.3, 0.4) is 0 Å². The van der Waals surface area contributed by atoms with E-state index < -0.39 is 0 Å². The van der Waals surface area contributed by atoms with Crippen molar-refractivity contribution < 1.29 is 4.79 Å². The van der Waals surface area contributed by atoms with Crippen molar-refractivity contribution in [1.29, 1.82) is 0 Å². The summed E-state index contributed by atoms with van der Waals surface area (Å²) >= 11 is 0. The summed E-state index contributed by atoms with van der Waals surface area (Å²) in [5.41, 5.74) is 13.2. The molecule has 2 atom stereocenters. The number of imidazole rings is 1. The molecule has 1 aliphatic heterocycles. The number of aromatic amines is 1. The molecule has 2 aromatic rings. The highest BCUT2D eigenvalue weighted by Gasteiger charge is 2.28. The quantitative estimate of drug-likeness (QED) is 0.521. The van der Waals surface area contributed by atoms with E-state index in [0.29, 0.717) is 6.54 Å².